The first-order valence-electron chi connectivity index (χ1n) is 42.0. The molecule has 9 aliphatic rings. The minimum Gasteiger partial charge on any atom is -0.394 e. The number of nitrogens with zero attached hydrogens (tertiary/aromatic N) is 7. The molecule has 0 bridgehead atoms. The van der Waals surface area contributed by atoms with E-state index in [0.717, 1.165) is 121 Å². The Morgan fingerprint density at radius 2 is 0.558 bits per heavy atom. The van der Waals surface area contributed by atoms with E-state index in [1.165, 1.54) is 23.5 Å². The van der Waals surface area contributed by atoms with Gasteiger partial charge in [-0.3, -0.25) is 132 Å². The zero-order valence-corrected chi connectivity index (χ0v) is 87.2. The average molecular weight is 2380 g/mol. The number of rotatable bonds is 38. The molecule has 7 fully saturated rings. The maximum absolute atomic E-state index is 14.8. The number of hydrogen-bond donors (Lipinski definition) is 22. The number of hydrogen-bond acceptors (Lipinski definition) is 52. The number of thiol groups is 1. The Morgan fingerprint density at radius 1 is 0.320 bits per heavy atom. The number of H-pyrrole nitrogens is 7. The maximum atomic E-state index is 14.8. The molecule has 34 atom stereocenters. The zero-order valence-electron chi connectivity index (χ0n) is 73.6. The van der Waals surface area contributed by atoms with Crippen LogP contribution in [0.3, 0.4) is 0 Å². The molecule has 0 aliphatic carbocycles. The van der Waals surface area contributed by atoms with E-state index >= 15 is 0 Å². The summed E-state index contributed by atoms with van der Waals surface area (Å²) in [5.74, 6) is 0. The molecule has 78 heteroatoms. The van der Waals surface area contributed by atoms with Crippen molar-refractivity contribution < 1.29 is 162 Å². The Labute approximate surface area is 861 Å². The Bertz CT molecular complexity index is 7510. The van der Waals surface area contributed by atoms with Crippen LogP contribution in [0, 0.1) is 0 Å². The molecule has 16 heterocycles. The number of aromatic nitrogens is 14. The molecule has 6 unspecified atom stereocenters. The lowest BCUT2D eigenvalue weighted by Gasteiger charge is -2.29. The highest BCUT2D eigenvalue weighted by atomic mass is 32.7. The lowest BCUT2D eigenvalue weighted by atomic mass is 10.1. The highest BCUT2D eigenvalue weighted by Crippen LogP contribution is 2.63. The smallest absolute Gasteiger partial charge is 0.386 e. The molecular formula is C69H82N14O48P6S10. The van der Waals surface area contributed by atoms with Crippen LogP contribution in [0.25, 0.3) is 0 Å². The van der Waals surface area contributed by atoms with Gasteiger partial charge in [0.15, 0.2) is 43.6 Å². The van der Waals surface area contributed by atoms with E-state index in [1.807, 2.05) is 43.8 Å². The summed E-state index contributed by atoms with van der Waals surface area (Å²) in [4.78, 5) is 255. The van der Waals surface area contributed by atoms with Crippen molar-refractivity contribution in [2.75, 3.05) is 46.2 Å². The SMILES string of the molecule is CC1=C(C)SC(=C2Sc3c(n([C@@H]4O[C@H](COP(O)(=S)O[C@H]5[C@@H](O)[C@H](n6ccc(=O)[nH]c6=O)O[C@@H]5COP(=O)(S)O[C@H]5[C@@H](O)[C@H](n6ccc(=O)[nH]c6=O)O[C@@H]5COP(O)(=S)O[C@H]5[C@@H](O)[C@H](n6ccc(=O)[nH]c6=O)O[C@@H]5CO)[C@@H](OP(O)(=S)OC[C@H]5O[C@@H](n6ccc(=O)[nH]c6=O)[C@H](O)[C@@H]5OP(O)(=S)OC[C@H]5O[C@@H](n6ccc(=O)[nH]c6=O)[C@H](O)[C@@H]5OP(O)(=S)OC[C@H]5O[C@@H](n6ccc(=O)[nH]c6=O)[C@H](O)[C@@H]5O)[C@H]4O)c(=O)[nH]c3=O)S2)S1. The van der Waals surface area contributed by atoms with Crippen LogP contribution >= 0.6 is 99.7 Å². The summed E-state index contributed by atoms with van der Waals surface area (Å²) < 4.78 is 131. The summed E-state index contributed by atoms with van der Waals surface area (Å²) in [6, 6.07) is 5.04. The number of aromatic amines is 7. The van der Waals surface area contributed by atoms with Crippen LogP contribution < -0.4 is 78.7 Å². The van der Waals surface area contributed by atoms with E-state index in [9.17, 15) is 142 Å². The fourth-order valence-corrected chi connectivity index (χ4v) is 30.1. The molecule has 16 rings (SSSR count). The van der Waals surface area contributed by atoms with Gasteiger partial charge >= 0.3 is 80.2 Å². The first-order valence-corrected chi connectivity index (χ1v) is 61.0. The summed E-state index contributed by atoms with van der Waals surface area (Å²) in [7, 11) is 0. The number of aliphatic hydroxyl groups excluding tert-OH is 9. The minimum absolute atomic E-state index is 0.113. The number of allylic oxidation sites excluding steroid dienone is 2. The van der Waals surface area contributed by atoms with Crippen LogP contribution in [0.2, 0.25) is 0 Å². The lowest BCUT2D eigenvalue weighted by molar-refractivity contribution is -0.0625. The minimum atomic E-state index is -5.27. The molecule has 806 valence electrons. The van der Waals surface area contributed by atoms with Gasteiger partial charge in [0.1, 0.15) is 138 Å². The molecule has 0 spiro atoms. The van der Waals surface area contributed by atoms with E-state index < -0.39 is 337 Å². The van der Waals surface area contributed by atoms with Gasteiger partial charge in [0.25, 0.3) is 38.9 Å². The second kappa shape index (κ2) is 45.5. The quantitative estimate of drug-likeness (QED) is 0.00971. The number of fused-ring (bicyclic) bond motifs is 1. The first-order chi connectivity index (χ1) is 69.0. The topological polar surface area (TPSA) is 860 Å². The summed E-state index contributed by atoms with van der Waals surface area (Å²) in [5, 5.41) is 104. The van der Waals surface area contributed by atoms with Gasteiger partial charge in [0.2, 0.25) is 0 Å². The second-order valence-corrected chi connectivity index (χ2v) is 54.3. The molecule has 0 saturated carbocycles. The molecular weight excluding hydrogens is 2300 g/mol. The predicted molar refractivity (Wildman–Crippen MR) is 518 cm³/mol. The molecule has 9 aliphatic heterocycles. The van der Waals surface area contributed by atoms with Gasteiger partial charge in [-0.25, -0.2) is 38.1 Å². The number of aliphatic hydroxyl groups is 9. The van der Waals surface area contributed by atoms with E-state index in [4.69, 9.17) is 146 Å². The second-order valence-electron chi connectivity index (χ2n) is 32.5. The van der Waals surface area contributed by atoms with Gasteiger partial charge < -0.3 is 126 Å². The average Bonchev–Trinajstić information content (AvgIpc) is 1.59. The van der Waals surface area contributed by atoms with E-state index in [0.29, 0.717) is 26.7 Å². The maximum Gasteiger partial charge on any atom is 0.386 e. The van der Waals surface area contributed by atoms with Gasteiger partial charge in [0.05, 0.1) is 54.7 Å². The van der Waals surface area contributed by atoms with Gasteiger partial charge in [-0.05, 0) is 82.7 Å². The molecule has 0 radical (unpaired) electrons. The summed E-state index contributed by atoms with van der Waals surface area (Å²) >= 11 is 35.6. The molecule has 21 N–H and O–H groups in total. The number of thioether (sulfide) groups is 4. The summed E-state index contributed by atoms with van der Waals surface area (Å²) in [5.41, 5.74) is -14.8. The molecule has 7 aromatic heterocycles. The molecule has 7 saturated heterocycles. The normalized spacial score (nSPS) is 33.3. The van der Waals surface area contributed by atoms with E-state index in [2.05, 4.69) is 17.2 Å². The molecule has 0 aromatic carbocycles. The van der Waals surface area contributed by atoms with Crippen molar-refractivity contribution in [2.24, 2.45) is 0 Å². The van der Waals surface area contributed by atoms with Crippen LogP contribution in [0.15, 0.2) is 169 Å². The summed E-state index contributed by atoms with van der Waals surface area (Å²) in [6.07, 6.45) is -51.0. The van der Waals surface area contributed by atoms with E-state index in [1.54, 1.807) is 0 Å². The van der Waals surface area contributed by atoms with Crippen molar-refractivity contribution in [1.82, 2.24) is 66.9 Å². The van der Waals surface area contributed by atoms with Crippen molar-refractivity contribution in [3.8, 4) is 0 Å². The van der Waals surface area contributed by atoms with Crippen molar-refractivity contribution in [3.63, 3.8) is 0 Å². The van der Waals surface area contributed by atoms with Crippen LogP contribution in [0.5, 0.6) is 0 Å². The lowest BCUT2D eigenvalue weighted by Crippen LogP contribution is -2.40. The first kappa shape index (κ1) is 114. The highest BCUT2D eigenvalue weighted by Gasteiger charge is 2.59. The largest absolute Gasteiger partial charge is 0.394 e. The molecule has 147 heavy (non-hydrogen) atoms. The Kier molecular flexibility index (Phi) is 35.2. The molecule has 0 amide bonds. The van der Waals surface area contributed by atoms with E-state index in [-0.39, 0.29) is 9.92 Å². The highest BCUT2D eigenvalue weighted by molar-refractivity contribution is 8.44. The fourth-order valence-electron chi connectivity index (χ4n) is 16.0. The van der Waals surface area contributed by atoms with Gasteiger partial charge in [-0.1, -0.05) is 59.3 Å². The van der Waals surface area contributed by atoms with Crippen molar-refractivity contribution in [1.29, 1.82) is 0 Å². The van der Waals surface area contributed by atoms with Crippen molar-refractivity contribution in [2.45, 2.75) is 196 Å². The number of ether oxygens (including phenoxy) is 7. The molecule has 7 aromatic rings. The Balaban J connectivity index is 0.643. The van der Waals surface area contributed by atoms with Crippen LogP contribution in [-0.4, -0.2) is 312 Å². The number of nitrogens with one attached hydrogen (secondary N) is 7. The van der Waals surface area contributed by atoms with Crippen LogP contribution in [0.1, 0.15) is 57.4 Å². The van der Waals surface area contributed by atoms with Crippen molar-refractivity contribution in [3.05, 3.63) is 238 Å². The predicted octanol–water partition coefficient (Wildman–Crippen LogP) is -7.41. The Hall–Kier alpha value is -5.85. The molecule has 62 nitrogen and oxygen atoms in total. The summed E-state index contributed by atoms with van der Waals surface area (Å²) in [6.45, 7) is -34.9. The standard InChI is InChI=1S/C69H82N14O48P6S10/c1-22-23(2)145-61(144-22)62-146-51-52(99)76-69(106)83(60(51)147-62)59-44(98)50(131-137(112,143)117-20-29-48(42(96)57(124-29)81-13-7-35(89)74-67(81)104)129-134(109,140)115-18-27-46(40(94)55(122-27)79-11-5-33(87)72-65(79)102)127-132(107,138)113-16-25-37(91)38(92)53(120-25)77-9-3-31(85)70-63(77)100)30(125-59)21-118-136(111,142)130-49-28(123-58(43(49)97)82-14-8-36(90)75-68(82)105)19-116-135(110,141)128-47-26(121-56(41(47)95)80-12-6-34(88)73-66(80)103)17-114-133(108,139)126-45-24(15-84)119-54(39(45)93)78-10-4-32(86)71-64(78)101/h3-14,24-30,37-50,53-59,84,91-98H,15-21H2,1-2H3,(H,107,138)(H,108,139)(H,109,140)(H,110,141)(H,111,142)(H,112,143)(H,70,85,100)(H,71,86,101)(H,72,87,102)(H,73,88,103)(H,74,89,104)(H,75,90,105)(H,76,99,106)/t24-,25-,26-,27-,28-,29-,30-,37-,38-,39-,40-,41-,42-,43-,44-,45-,46-,47-,48-,49-,50-,53-,54-,55-,56-,57-,58-,59-,132?,133?,134?,135?,136?,137?/m1/s1. The van der Waals surface area contributed by atoms with Crippen LogP contribution in [0.4, 0.5) is 0 Å². The fraction of sp³-hybridized carbons (Fsp3) is 0.536. The third-order valence-electron chi connectivity index (χ3n) is 22.9. The third kappa shape index (κ3) is 25.5. The van der Waals surface area contributed by atoms with Gasteiger partial charge in [0, 0.05) is 73.6 Å². The van der Waals surface area contributed by atoms with Crippen LogP contribution in [-0.2, 0) is 151 Å². The van der Waals surface area contributed by atoms with Gasteiger partial charge in [-0.15, -0.1) is 0 Å². The third-order valence-corrected chi connectivity index (χ3v) is 38.1. The monoisotopic (exact) mass is 2380 g/mol. The van der Waals surface area contributed by atoms with Gasteiger partial charge in [-0.2, -0.15) is 0 Å². The Morgan fingerprint density at radius 3 is 0.850 bits per heavy atom. The van der Waals surface area contributed by atoms with Crippen molar-refractivity contribution >= 4 is 159 Å². The zero-order chi connectivity index (χ0) is 106.